The third-order valence-electron chi connectivity index (χ3n) is 16.0. The number of rotatable bonds is 59. The summed E-state index contributed by atoms with van der Waals surface area (Å²) >= 11 is 0. The molecule has 1 rings (SSSR count). The Hall–Kier alpha value is -2.11. The van der Waals surface area contributed by atoms with Gasteiger partial charge in [0.15, 0.2) is 6.29 Å². The molecule has 0 aliphatic carbocycles. The second-order valence-electron chi connectivity index (χ2n) is 23.6. The molecule has 79 heavy (non-hydrogen) atoms. The van der Waals surface area contributed by atoms with Crippen LogP contribution in [0.5, 0.6) is 0 Å². The molecule has 0 aromatic carbocycles. The van der Waals surface area contributed by atoms with Crippen LogP contribution in [0.1, 0.15) is 322 Å². The van der Waals surface area contributed by atoms with Crippen molar-refractivity contribution >= 4 is 5.91 Å². The van der Waals surface area contributed by atoms with E-state index in [0.717, 1.165) is 51.4 Å². The third-order valence-corrected chi connectivity index (χ3v) is 16.0. The van der Waals surface area contributed by atoms with E-state index in [2.05, 4.69) is 67.8 Å². The standard InChI is InChI=1S/C70H129NO8/c1-3-5-7-9-11-13-15-17-19-21-23-25-27-29-31-32-34-36-38-40-42-44-46-48-50-52-54-56-58-60-66(74)71-63(62-78-70-69(77)68(76)67(75)65(61-72)79-70)64(73)59-57-55-53-51-49-47-45-43-41-39-37-35-33-30-28-26-24-22-20-18-16-14-12-10-8-6-4-2/h15,17,21,23,41,43,49,51,57,59,63-65,67-70,72-73,75-77H,3-14,16,18-20,22,24-40,42,44-48,50,52-56,58,60-62H2,1-2H3,(H,71,74)/b17-15-,23-21-,43-41+,51-49+,59-57+. The first-order valence-corrected chi connectivity index (χ1v) is 34.0. The van der Waals surface area contributed by atoms with Gasteiger partial charge >= 0.3 is 0 Å². The maximum atomic E-state index is 13.1. The van der Waals surface area contributed by atoms with Crippen molar-refractivity contribution < 1.29 is 39.8 Å². The fourth-order valence-corrected chi connectivity index (χ4v) is 10.7. The Kier molecular flexibility index (Phi) is 56.0. The highest BCUT2D eigenvalue weighted by molar-refractivity contribution is 5.76. The number of nitrogens with one attached hydrogen (secondary N) is 1. The quantitative estimate of drug-likeness (QED) is 0.0261. The van der Waals surface area contributed by atoms with Crippen LogP contribution in [0.4, 0.5) is 0 Å². The first-order chi connectivity index (χ1) is 38.8. The van der Waals surface area contributed by atoms with Crippen molar-refractivity contribution in [3.63, 3.8) is 0 Å². The summed E-state index contributed by atoms with van der Waals surface area (Å²) in [7, 11) is 0. The van der Waals surface area contributed by atoms with Crippen molar-refractivity contribution in [1.29, 1.82) is 0 Å². The number of carbonyl (C=O) groups excluding carboxylic acids is 1. The molecule has 9 heteroatoms. The first-order valence-electron chi connectivity index (χ1n) is 34.0. The van der Waals surface area contributed by atoms with Crippen molar-refractivity contribution in [1.82, 2.24) is 5.32 Å². The van der Waals surface area contributed by atoms with E-state index in [1.54, 1.807) is 6.08 Å². The van der Waals surface area contributed by atoms with Gasteiger partial charge in [0.25, 0.3) is 0 Å². The van der Waals surface area contributed by atoms with Crippen LogP contribution >= 0.6 is 0 Å². The molecule has 1 amide bonds. The van der Waals surface area contributed by atoms with Gasteiger partial charge in [-0.15, -0.1) is 0 Å². The molecule has 9 nitrogen and oxygen atoms in total. The summed E-state index contributed by atoms with van der Waals surface area (Å²) in [6.45, 7) is 3.79. The summed E-state index contributed by atoms with van der Waals surface area (Å²) in [6, 6.07) is -0.831. The summed E-state index contributed by atoms with van der Waals surface area (Å²) < 4.78 is 11.3. The van der Waals surface area contributed by atoms with Crippen LogP contribution in [0.3, 0.4) is 0 Å². The van der Waals surface area contributed by atoms with Crippen LogP contribution in [0.25, 0.3) is 0 Å². The summed E-state index contributed by atoms with van der Waals surface area (Å²) in [5.41, 5.74) is 0. The van der Waals surface area contributed by atoms with Crippen molar-refractivity contribution in [3.05, 3.63) is 60.8 Å². The van der Waals surface area contributed by atoms with Gasteiger partial charge in [0, 0.05) is 6.42 Å². The van der Waals surface area contributed by atoms with Crippen LogP contribution in [0, 0.1) is 0 Å². The minimum absolute atomic E-state index is 0.187. The van der Waals surface area contributed by atoms with Crippen LogP contribution in [0.15, 0.2) is 60.8 Å². The largest absolute Gasteiger partial charge is 0.394 e. The monoisotopic (exact) mass is 1110 g/mol. The van der Waals surface area contributed by atoms with E-state index in [-0.39, 0.29) is 12.5 Å². The summed E-state index contributed by atoms with van der Waals surface area (Å²) in [6.07, 6.45) is 74.6. The Morgan fingerprint density at radius 1 is 0.430 bits per heavy atom. The van der Waals surface area contributed by atoms with Gasteiger partial charge in [0.1, 0.15) is 24.4 Å². The molecule has 0 spiro atoms. The molecule has 1 heterocycles. The van der Waals surface area contributed by atoms with Gasteiger partial charge in [-0.2, -0.15) is 0 Å². The van der Waals surface area contributed by atoms with Gasteiger partial charge in [-0.1, -0.05) is 299 Å². The summed E-state index contributed by atoms with van der Waals surface area (Å²) in [5, 5.41) is 54.7. The lowest BCUT2D eigenvalue weighted by Crippen LogP contribution is -2.60. The predicted octanol–water partition coefficient (Wildman–Crippen LogP) is 18.2. The van der Waals surface area contributed by atoms with Crippen LogP contribution in [-0.4, -0.2) is 87.5 Å². The molecule has 7 unspecified atom stereocenters. The van der Waals surface area contributed by atoms with E-state index < -0.39 is 49.5 Å². The zero-order valence-electron chi connectivity index (χ0n) is 51.6. The molecule has 6 N–H and O–H groups in total. The third kappa shape index (κ3) is 48.0. The van der Waals surface area contributed by atoms with E-state index in [1.165, 1.54) is 250 Å². The van der Waals surface area contributed by atoms with E-state index in [9.17, 15) is 30.3 Å². The molecular weight excluding hydrogens is 983 g/mol. The SMILES string of the molecule is CCCCCCC/C=C\C/C=C\CCCCCCCCCCCCCCCCCCCC(=O)NC(COC1OC(CO)C(O)C(O)C1O)C(O)/C=C/CC/C=C/CC/C=C/CCCCCCCCCCCCCCCCCCC. The van der Waals surface area contributed by atoms with Gasteiger partial charge in [-0.05, 0) is 77.0 Å². The topological polar surface area (TPSA) is 149 Å². The molecule has 0 aromatic rings. The Bertz CT molecular complexity index is 1430. The molecule has 1 fully saturated rings. The molecule has 7 atom stereocenters. The van der Waals surface area contributed by atoms with Gasteiger partial charge in [-0.25, -0.2) is 0 Å². The number of allylic oxidation sites excluding steroid dienone is 9. The lowest BCUT2D eigenvalue weighted by Gasteiger charge is -2.40. The van der Waals surface area contributed by atoms with Crippen molar-refractivity contribution in [2.24, 2.45) is 0 Å². The number of aliphatic hydroxyl groups excluding tert-OH is 5. The number of aliphatic hydroxyl groups is 5. The lowest BCUT2D eigenvalue weighted by atomic mass is 9.99. The van der Waals surface area contributed by atoms with E-state index in [4.69, 9.17) is 9.47 Å². The molecule has 0 bridgehead atoms. The molecule has 0 aromatic heterocycles. The molecule has 1 aliphatic rings. The van der Waals surface area contributed by atoms with Gasteiger partial charge in [0.05, 0.1) is 25.4 Å². The second kappa shape index (κ2) is 59.1. The average Bonchev–Trinajstić information content (AvgIpc) is 3.47. The Labute approximate surface area is 487 Å². The Morgan fingerprint density at radius 3 is 1.14 bits per heavy atom. The number of hydrogen-bond donors (Lipinski definition) is 6. The molecule has 0 saturated carbocycles. The highest BCUT2D eigenvalue weighted by atomic mass is 16.7. The fourth-order valence-electron chi connectivity index (χ4n) is 10.7. The van der Waals surface area contributed by atoms with Gasteiger partial charge in [-0.3, -0.25) is 4.79 Å². The van der Waals surface area contributed by atoms with Gasteiger partial charge in [0.2, 0.25) is 5.91 Å². The number of ether oxygens (including phenoxy) is 2. The molecule has 1 saturated heterocycles. The van der Waals surface area contributed by atoms with Gasteiger partial charge < -0.3 is 40.3 Å². The summed E-state index contributed by atoms with van der Waals surface area (Å²) in [5.74, 6) is -0.187. The molecular formula is C70H129NO8. The zero-order valence-corrected chi connectivity index (χ0v) is 51.6. The molecule has 462 valence electrons. The van der Waals surface area contributed by atoms with Crippen LogP contribution in [0.2, 0.25) is 0 Å². The predicted molar refractivity (Wildman–Crippen MR) is 336 cm³/mol. The number of carbonyl (C=O) groups is 1. The zero-order chi connectivity index (χ0) is 57.2. The Morgan fingerprint density at radius 2 is 0.759 bits per heavy atom. The number of unbranched alkanes of at least 4 members (excludes halogenated alkanes) is 41. The molecule has 0 radical (unpaired) electrons. The summed E-state index contributed by atoms with van der Waals surface area (Å²) in [4.78, 5) is 13.1. The number of hydrogen-bond acceptors (Lipinski definition) is 8. The molecule has 1 aliphatic heterocycles. The lowest BCUT2D eigenvalue weighted by molar-refractivity contribution is -0.302. The van der Waals surface area contributed by atoms with E-state index in [0.29, 0.717) is 6.42 Å². The first kappa shape index (κ1) is 74.9. The van der Waals surface area contributed by atoms with Crippen LogP contribution in [-0.2, 0) is 14.3 Å². The fraction of sp³-hybridized carbons (Fsp3) is 0.843. The van der Waals surface area contributed by atoms with E-state index >= 15 is 0 Å². The number of amides is 1. The Balaban J connectivity index is 2.18. The van der Waals surface area contributed by atoms with E-state index in [1.807, 2.05) is 6.08 Å². The smallest absolute Gasteiger partial charge is 0.220 e. The maximum absolute atomic E-state index is 13.1. The normalized spacial score (nSPS) is 18.9. The minimum Gasteiger partial charge on any atom is -0.394 e. The second-order valence-corrected chi connectivity index (χ2v) is 23.6. The maximum Gasteiger partial charge on any atom is 0.220 e. The van der Waals surface area contributed by atoms with Crippen molar-refractivity contribution in [2.45, 2.75) is 365 Å². The highest BCUT2D eigenvalue weighted by Crippen LogP contribution is 2.23. The van der Waals surface area contributed by atoms with Crippen molar-refractivity contribution in [3.8, 4) is 0 Å². The van der Waals surface area contributed by atoms with Crippen molar-refractivity contribution in [2.75, 3.05) is 13.2 Å². The average molecular weight is 1110 g/mol. The highest BCUT2D eigenvalue weighted by Gasteiger charge is 2.44. The minimum atomic E-state index is -1.58. The van der Waals surface area contributed by atoms with Crippen LogP contribution < -0.4 is 5.32 Å².